The molecule has 0 aliphatic carbocycles. The average Bonchev–Trinajstić information content (AvgIpc) is 2.55. The first kappa shape index (κ1) is 13.3. The molecule has 1 N–H and O–H groups in total. The number of nitrogens with zero attached hydrogens (tertiary/aromatic N) is 1. The standard InChI is InChI=1S/C12H13NO3S/c1-5-6(2)13-11-9(8(4)14)7(3)10(17-11)12(15)16/h5H,1H2,2-4H3,(H,15,16)/b13-6+. The number of thiophene rings is 1. The minimum absolute atomic E-state index is 0.158. The van der Waals surface area contributed by atoms with Gasteiger partial charge in [-0.2, -0.15) is 0 Å². The molecule has 0 saturated heterocycles. The molecule has 0 amide bonds. The number of carboxylic acid groups (broad SMARTS) is 1. The van der Waals surface area contributed by atoms with Crippen LogP contribution < -0.4 is 0 Å². The van der Waals surface area contributed by atoms with Gasteiger partial charge in [-0.1, -0.05) is 6.58 Å². The molecule has 0 aliphatic rings. The second-order valence-electron chi connectivity index (χ2n) is 3.55. The van der Waals surface area contributed by atoms with Crippen LogP contribution >= 0.6 is 11.3 Å². The van der Waals surface area contributed by atoms with Crippen LogP contribution in [-0.4, -0.2) is 22.6 Å². The molecule has 0 fully saturated rings. The van der Waals surface area contributed by atoms with Crippen molar-refractivity contribution in [2.45, 2.75) is 20.8 Å². The Morgan fingerprint density at radius 2 is 2.00 bits per heavy atom. The quantitative estimate of drug-likeness (QED) is 0.659. The predicted molar refractivity (Wildman–Crippen MR) is 69.0 cm³/mol. The van der Waals surface area contributed by atoms with Crippen molar-refractivity contribution >= 4 is 33.8 Å². The van der Waals surface area contributed by atoms with E-state index in [1.54, 1.807) is 19.9 Å². The maximum absolute atomic E-state index is 11.5. The smallest absolute Gasteiger partial charge is 0.346 e. The molecule has 5 heteroatoms. The number of carboxylic acids is 1. The van der Waals surface area contributed by atoms with Crippen molar-refractivity contribution < 1.29 is 14.7 Å². The summed E-state index contributed by atoms with van der Waals surface area (Å²) in [6.07, 6.45) is 1.55. The summed E-state index contributed by atoms with van der Waals surface area (Å²) in [6.45, 7) is 8.34. The van der Waals surface area contributed by atoms with Gasteiger partial charge in [-0.15, -0.1) is 11.3 Å². The number of ketones is 1. The Bertz CT molecular complexity index is 526. The van der Waals surface area contributed by atoms with Gasteiger partial charge in [-0.3, -0.25) is 4.79 Å². The molecule has 4 nitrogen and oxygen atoms in total. The Labute approximate surface area is 103 Å². The van der Waals surface area contributed by atoms with Crippen LogP contribution in [0.25, 0.3) is 0 Å². The Hall–Kier alpha value is -1.75. The van der Waals surface area contributed by atoms with Crippen LogP contribution in [-0.2, 0) is 0 Å². The zero-order chi connectivity index (χ0) is 13.2. The zero-order valence-corrected chi connectivity index (χ0v) is 10.7. The van der Waals surface area contributed by atoms with E-state index in [0.29, 0.717) is 21.8 Å². The molecule has 1 heterocycles. The lowest BCUT2D eigenvalue weighted by atomic mass is 10.1. The molecule has 0 spiro atoms. The van der Waals surface area contributed by atoms with E-state index in [1.165, 1.54) is 6.92 Å². The number of carbonyl (C=O) groups is 2. The molecule has 0 aromatic carbocycles. The molecule has 0 unspecified atom stereocenters. The first-order chi connectivity index (χ1) is 7.88. The molecule has 0 radical (unpaired) electrons. The summed E-state index contributed by atoms with van der Waals surface area (Å²) in [6, 6.07) is 0. The first-order valence-electron chi connectivity index (χ1n) is 4.93. The van der Waals surface area contributed by atoms with Crippen LogP contribution in [0.4, 0.5) is 5.00 Å². The summed E-state index contributed by atoms with van der Waals surface area (Å²) in [4.78, 5) is 26.9. The van der Waals surface area contributed by atoms with Gasteiger partial charge < -0.3 is 5.11 Å². The van der Waals surface area contributed by atoms with Crippen LogP contribution in [0.1, 0.15) is 39.4 Å². The fraction of sp³-hybridized carbons (Fsp3) is 0.250. The fourth-order valence-electron chi connectivity index (χ4n) is 1.40. The van der Waals surface area contributed by atoms with Crippen molar-refractivity contribution in [2.75, 3.05) is 0 Å². The number of aliphatic imine (C=N–C) groups is 1. The maximum atomic E-state index is 11.5. The van der Waals surface area contributed by atoms with Crippen molar-refractivity contribution in [3.8, 4) is 0 Å². The second kappa shape index (κ2) is 5.05. The number of aromatic carboxylic acids is 1. The molecule has 1 aromatic heterocycles. The second-order valence-corrected chi connectivity index (χ2v) is 4.55. The third-order valence-electron chi connectivity index (χ3n) is 2.25. The molecule has 1 rings (SSSR count). The lowest BCUT2D eigenvalue weighted by Gasteiger charge is -1.97. The minimum Gasteiger partial charge on any atom is -0.477 e. The van der Waals surface area contributed by atoms with E-state index in [4.69, 9.17) is 5.11 Å². The van der Waals surface area contributed by atoms with Crippen molar-refractivity contribution in [3.05, 3.63) is 28.7 Å². The van der Waals surface area contributed by atoms with Crippen molar-refractivity contribution in [1.82, 2.24) is 0 Å². The van der Waals surface area contributed by atoms with Gasteiger partial charge in [0.25, 0.3) is 0 Å². The highest BCUT2D eigenvalue weighted by Crippen LogP contribution is 2.35. The fourth-order valence-corrected chi connectivity index (χ4v) is 2.53. The van der Waals surface area contributed by atoms with Gasteiger partial charge in [0.2, 0.25) is 0 Å². The third kappa shape index (κ3) is 2.68. The van der Waals surface area contributed by atoms with Gasteiger partial charge in [0, 0.05) is 5.71 Å². The number of allylic oxidation sites excluding steroid dienone is 1. The zero-order valence-electron chi connectivity index (χ0n) is 9.90. The number of hydrogen-bond donors (Lipinski definition) is 1. The monoisotopic (exact) mass is 251 g/mol. The maximum Gasteiger partial charge on any atom is 0.346 e. The van der Waals surface area contributed by atoms with E-state index in [-0.39, 0.29) is 10.7 Å². The number of carbonyl (C=O) groups excluding carboxylic acids is 1. The van der Waals surface area contributed by atoms with E-state index in [2.05, 4.69) is 11.6 Å². The molecule has 17 heavy (non-hydrogen) atoms. The van der Waals surface area contributed by atoms with Crippen LogP contribution in [0.2, 0.25) is 0 Å². The van der Waals surface area contributed by atoms with Gasteiger partial charge in [-0.25, -0.2) is 9.79 Å². The number of Topliss-reactive ketones (excluding diaryl/α,β-unsaturated/α-hetero) is 1. The summed E-state index contributed by atoms with van der Waals surface area (Å²) < 4.78 is 0. The van der Waals surface area contributed by atoms with Gasteiger partial charge in [0.05, 0.1) is 5.56 Å². The number of hydrogen-bond acceptors (Lipinski definition) is 4. The molecule has 0 bridgehead atoms. The molecule has 0 aliphatic heterocycles. The SMILES string of the molecule is C=C/C(C)=N/c1sc(C(=O)O)c(C)c1C(C)=O. The molecule has 1 aromatic rings. The highest BCUT2D eigenvalue weighted by Gasteiger charge is 2.21. The van der Waals surface area contributed by atoms with E-state index >= 15 is 0 Å². The predicted octanol–water partition coefficient (Wildman–Crippen LogP) is 3.24. The van der Waals surface area contributed by atoms with Crippen LogP contribution in [0.15, 0.2) is 17.6 Å². The molecule has 0 atom stereocenters. The van der Waals surface area contributed by atoms with Crippen molar-refractivity contribution in [3.63, 3.8) is 0 Å². The Morgan fingerprint density at radius 3 is 2.41 bits per heavy atom. The van der Waals surface area contributed by atoms with Gasteiger partial charge >= 0.3 is 5.97 Å². The highest BCUT2D eigenvalue weighted by atomic mass is 32.1. The lowest BCUT2D eigenvalue weighted by molar-refractivity contribution is 0.0701. The topological polar surface area (TPSA) is 66.7 Å². The lowest BCUT2D eigenvalue weighted by Crippen LogP contribution is -1.98. The van der Waals surface area contributed by atoms with Crippen LogP contribution in [0.5, 0.6) is 0 Å². The minimum atomic E-state index is -1.03. The summed E-state index contributed by atoms with van der Waals surface area (Å²) in [5, 5.41) is 9.44. The van der Waals surface area contributed by atoms with Gasteiger partial charge in [0.1, 0.15) is 9.88 Å². The van der Waals surface area contributed by atoms with E-state index in [9.17, 15) is 9.59 Å². The van der Waals surface area contributed by atoms with Crippen LogP contribution in [0.3, 0.4) is 0 Å². The van der Waals surface area contributed by atoms with E-state index in [0.717, 1.165) is 11.3 Å². The molecule has 0 saturated carbocycles. The summed E-state index contributed by atoms with van der Waals surface area (Å²) in [5.41, 5.74) is 1.50. The van der Waals surface area contributed by atoms with Crippen molar-refractivity contribution in [2.24, 2.45) is 4.99 Å². The largest absolute Gasteiger partial charge is 0.477 e. The normalized spacial score (nSPS) is 11.4. The Morgan fingerprint density at radius 1 is 1.41 bits per heavy atom. The summed E-state index contributed by atoms with van der Waals surface area (Å²) >= 11 is 1.01. The first-order valence-corrected chi connectivity index (χ1v) is 5.75. The summed E-state index contributed by atoms with van der Waals surface area (Å²) in [7, 11) is 0. The molecule has 90 valence electrons. The van der Waals surface area contributed by atoms with Crippen LogP contribution in [0, 0.1) is 6.92 Å². The van der Waals surface area contributed by atoms with Gasteiger partial charge in [0.15, 0.2) is 5.78 Å². The summed E-state index contributed by atoms with van der Waals surface area (Å²) in [5.74, 6) is -1.21. The highest BCUT2D eigenvalue weighted by molar-refractivity contribution is 7.18. The molecular weight excluding hydrogens is 238 g/mol. The number of rotatable bonds is 4. The Kier molecular flexibility index (Phi) is 3.96. The molecular formula is C12H13NO3S. The van der Waals surface area contributed by atoms with Gasteiger partial charge in [-0.05, 0) is 32.4 Å². The van der Waals surface area contributed by atoms with Crippen molar-refractivity contribution in [1.29, 1.82) is 0 Å². The third-order valence-corrected chi connectivity index (χ3v) is 3.42. The van der Waals surface area contributed by atoms with E-state index < -0.39 is 5.97 Å². The Balaban J connectivity index is 3.49. The van der Waals surface area contributed by atoms with E-state index in [1.807, 2.05) is 0 Å². The average molecular weight is 251 g/mol.